The van der Waals surface area contributed by atoms with Crippen LogP contribution in [0.25, 0.3) is 22.3 Å². The molecule has 7 nitrogen and oxygen atoms in total. The van der Waals surface area contributed by atoms with Crippen molar-refractivity contribution in [3.05, 3.63) is 40.3 Å². The molecule has 0 aromatic carbocycles. The lowest BCUT2D eigenvalue weighted by molar-refractivity contribution is -0.384. The quantitative estimate of drug-likeness (QED) is 0.315. The van der Waals surface area contributed by atoms with Gasteiger partial charge in [-0.3, -0.25) is 15.1 Å². The smallest absolute Gasteiger partial charge is 0.316 e. The topological polar surface area (TPSA) is 89.6 Å². The van der Waals surface area contributed by atoms with Gasteiger partial charge in [0.1, 0.15) is 6.20 Å². The number of pyridine rings is 1. The minimum Gasteiger partial charge on any atom is -0.361 e. The summed E-state index contributed by atoms with van der Waals surface area (Å²) in [6, 6.07) is 1.79. The average molecular weight is 401 g/mol. The summed E-state index contributed by atoms with van der Waals surface area (Å²) in [5, 5.41) is 16.4. The molecule has 3 rings (SSSR count). The fourth-order valence-electron chi connectivity index (χ4n) is 2.01. The molecule has 0 aliphatic carbocycles. The van der Waals surface area contributed by atoms with E-state index in [2.05, 4.69) is 37.1 Å². The predicted molar refractivity (Wildman–Crippen MR) is 86.4 cm³/mol. The number of H-pyrrole nitrogens is 1. The number of hydrogen-bond donors (Lipinski definition) is 1. The molecule has 0 radical (unpaired) electrons. The molecule has 0 saturated carbocycles. The molecular formula is C11H9IN5O2P. The van der Waals surface area contributed by atoms with E-state index in [-0.39, 0.29) is 5.69 Å². The number of aryl methyl sites for hydroxylation is 1. The van der Waals surface area contributed by atoms with E-state index >= 15 is 0 Å². The fraction of sp³-hybridized carbons (Fsp3) is 0.0909. The molecular weight excluding hydrogens is 392 g/mol. The Morgan fingerprint density at radius 1 is 1.55 bits per heavy atom. The van der Waals surface area contributed by atoms with Crippen molar-refractivity contribution in [1.82, 2.24) is 19.5 Å². The van der Waals surface area contributed by atoms with Gasteiger partial charge in [0.05, 0.1) is 17.0 Å². The standard InChI is InChI=1S/C11H9IN5O2P/c1-6-3-13-8-2-9(14-4-7(6)8)11-10(17(18)19)5-16(15-11)20-12/h2-5,13,20H,1H3. The number of aromatic amines is 1. The molecule has 1 unspecified atom stereocenters. The van der Waals surface area contributed by atoms with Crippen molar-refractivity contribution >= 4 is 45.0 Å². The van der Waals surface area contributed by atoms with Crippen LogP contribution in [0.5, 0.6) is 0 Å². The summed E-state index contributed by atoms with van der Waals surface area (Å²) in [7, 11) is 0. The van der Waals surface area contributed by atoms with Crippen LogP contribution in [-0.4, -0.2) is 24.4 Å². The Labute approximate surface area is 128 Å². The highest BCUT2D eigenvalue weighted by Crippen LogP contribution is 2.33. The summed E-state index contributed by atoms with van der Waals surface area (Å²) in [5.41, 5.74) is 2.76. The van der Waals surface area contributed by atoms with Gasteiger partial charge in [-0.1, -0.05) is 0 Å². The summed E-state index contributed by atoms with van der Waals surface area (Å²) in [6.45, 7) is 1.98. The van der Waals surface area contributed by atoms with Gasteiger partial charge >= 0.3 is 5.69 Å². The van der Waals surface area contributed by atoms with Crippen molar-refractivity contribution in [2.24, 2.45) is 0 Å². The highest BCUT2D eigenvalue weighted by atomic mass is 127. The maximum Gasteiger partial charge on any atom is 0.316 e. The normalized spacial score (nSPS) is 11.7. The summed E-state index contributed by atoms with van der Waals surface area (Å²) < 4.78 is 1.56. The molecule has 0 bridgehead atoms. The van der Waals surface area contributed by atoms with Gasteiger partial charge in [-0.2, -0.15) is 5.10 Å². The molecule has 102 valence electrons. The van der Waals surface area contributed by atoms with Crippen molar-refractivity contribution in [3.8, 4) is 11.4 Å². The maximum atomic E-state index is 11.1. The first kappa shape index (κ1) is 13.4. The van der Waals surface area contributed by atoms with Crippen LogP contribution in [-0.2, 0) is 0 Å². The van der Waals surface area contributed by atoms with Crippen LogP contribution in [0.4, 0.5) is 5.69 Å². The number of hydrogen-bond acceptors (Lipinski definition) is 4. The molecule has 0 amide bonds. The molecule has 0 aliphatic rings. The second kappa shape index (κ2) is 5.10. The van der Waals surface area contributed by atoms with E-state index in [9.17, 15) is 10.1 Å². The van der Waals surface area contributed by atoms with Gasteiger partial charge < -0.3 is 4.98 Å². The number of rotatable bonds is 3. The van der Waals surface area contributed by atoms with Gasteiger partial charge in [0.25, 0.3) is 0 Å². The molecule has 20 heavy (non-hydrogen) atoms. The van der Waals surface area contributed by atoms with Crippen molar-refractivity contribution in [2.75, 3.05) is 0 Å². The fourth-order valence-corrected chi connectivity index (χ4v) is 3.06. The van der Waals surface area contributed by atoms with Crippen LogP contribution in [0.15, 0.2) is 24.7 Å². The number of nitrogens with one attached hydrogen (secondary N) is 1. The first-order chi connectivity index (χ1) is 9.60. The minimum atomic E-state index is -0.429. The number of aromatic nitrogens is 4. The van der Waals surface area contributed by atoms with E-state index in [0.717, 1.165) is 16.5 Å². The predicted octanol–water partition coefficient (Wildman–Crippen LogP) is 3.43. The third-order valence-corrected chi connectivity index (χ3v) is 4.88. The Morgan fingerprint density at radius 3 is 3.05 bits per heavy atom. The third-order valence-electron chi connectivity index (χ3n) is 2.99. The Balaban J connectivity index is 2.19. The minimum absolute atomic E-state index is 0.0238. The average Bonchev–Trinajstić information content (AvgIpc) is 3.03. The molecule has 0 aliphatic heterocycles. The maximum absolute atomic E-state index is 11.1. The molecule has 3 aromatic heterocycles. The number of nitrogens with zero attached hydrogens (tertiary/aromatic N) is 4. The molecule has 0 fully saturated rings. The number of fused-ring (bicyclic) bond motifs is 1. The van der Waals surface area contributed by atoms with Crippen molar-refractivity contribution < 1.29 is 4.92 Å². The first-order valence-corrected chi connectivity index (χ1v) is 9.71. The second-order valence-corrected chi connectivity index (χ2v) is 6.31. The second-order valence-electron chi connectivity index (χ2n) is 4.24. The first-order valence-electron chi connectivity index (χ1n) is 5.65. The van der Waals surface area contributed by atoms with Gasteiger partial charge in [0.2, 0.25) is 0 Å². The van der Waals surface area contributed by atoms with Gasteiger partial charge in [-0.15, -0.1) is 0 Å². The van der Waals surface area contributed by atoms with Gasteiger partial charge in [-0.25, -0.2) is 4.45 Å². The van der Waals surface area contributed by atoms with Gasteiger partial charge in [0, 0.05) is 23.3 Å². The third kappa shape index (κ3) is 2.18. The van der Waals surface area contributed by atoms with Crippen LogP contribution in [0.1, 0.15) is 5.56 Å². The number of halogens is 1. The van der Waals surface area contributed by atoms with E-state index in [1.54, 1.807) is 16.7 Å². The summed E-state index contributed by atoms with van der Waals surface area (Å²) in [4.78, 5) is 18.1. The molecule has 1 N–H and O–H groups in total. The molecule has 0 spiro atoms. The highest BCUT2D eigenvalue weighted by Gasteiger charge is 2.22. The van der Waals surface area contributed by atoms with Crippen LogP contribution >= 0.6 is 28.4 Å². The van der Waals surface area contributed by atoms with Crippen molar-refractivity contribution in [1.29, 1.82) is 0 Å². The number of nitro groups is 1. The monoisotopic (exact) mass is 401 g/mol. The zero-order chi connectivity index (χ0) is 14.3. The summed E-state index contributed by atoms with van der Waals surface area (Å²) in [5.74, 6) is 0. The van der Waals surface area contributed by atoms with E-state index in [0.29, 0.717) is 17.8 Å². The zero-order valence-corrected chi connectivity index (χ0v) is 13.5. The van der Waals surface area contributed by atoms with Gasteiger partial charge in [-0.05, 0) is 40.6 Å². The lowest BCUT2D eigenvalue weighted by atomic mass is 10.2. The lowest BCUT2D eigenvalue weighted by Crippen LogP contribution is -1.91. The van der Waals surface area contributed by atoms with Crippen LogP contribution in [0, 0.1) is 17.0 Å². The molecule has 0 saturated heterocycles. The largest absolute Gasteiger partial charge is 0.361 e. The highest BCUT2D eigenvalue weighted by molar-refractivity contribution is 14.2. The Kier molecular flexibility index (Phi) is 3.43. The Bertz CT molecular complexity index is 812. The van der Waals surface area contributed by atoms with E-state index in [4.69, 9.17) is 0 Å². The lowest BCUT2D eigenvalue weighted by Gasteiger charge is -1.97. The Hall–Kier alpha value is -1.54. The van der Waals surface area contributed by atoms with E-state index in [1.165, 1.54) is 6.20 Å². The molecule has 3 heterocycles. The zero-order valence-electron chi connectivity index (χ0n) is 10.3. The Morgan fingerprint density at radius 2 is 2.35 bits per heavy atom. The van der Waals surface area contributed by atoms with Crippen molar-refractivity contribution in [2.45, 2.75) is 6.92 Å². The van der Waals surface area contributed by atoms with Crippen LogP contribution in [0.2, 0.25) is 0 Å². The van der Waals surface area contributed by atoms with Crippen LogP contribution in [0.3, 0.4) is 0 Å². The SMILES string of the molecule is Cc1c[nH]c2cc(-c3nn(PI)cc3[N+](=O)[O-])ncc12. The molecule has 9 heteroatoms. The summed E-state index contributed by atoms with van der Waals surface area (Å²) in [6.07, 6.45) is 5.34. The van der Waals surface area contributed by atoms with Crippen molar-refractivity contribution in [3.63, 3.8) is 0 Å². The van der Waals surface area contributed by atoms with E-state index < -0.39 is 4.92 Å². The molecule has 3 aromatic rings. The van der Waals surface area contributed by atoms with E-state index in [1.807, 2.05) is 13.1 Å². The summed E-state index contributed by atoms with van der Waals surface area (Å²) >= 11 is 2.12. The van der Waals surface area contributed by atoms with Gasteiger partial charge in [0.15, 0.2) is 5.69 Å². The van der Waals surface area contributed by atoms with Crippen LogP contribution < -0.4 is 0 Å². The molecule has 1 atom stereocenters.